The van der Waals surface area contributed by atoms with Gasteiger partial charge in [0.1, 0.15) is 5.25 Å². The first-order chi connectivity index (χ1) is 11.0. The van der Waals surface area contributed by atoms with Crippen molar-refractivity contribution in [3.63, 3.8) is 0 Å². The number of carboxylic acids is 1. The van der Waals surface area contributed by atoms with Crippen LogP contribution in [0, 0.1) is 6.92 Å². The topological polar surface area (TPSA) is 105 Å². The molecule has 23 heavy (non-hydrogen) atoms. The Morgan fingerprint density at radius 3 is 2.78 bits per heavy atom. The fourth-order valence-electron chi connectivity index (χ4n) is 1.82. The number of carbonyl (C=O) groups excluding carboxylic acids is 1. The molecule has 0 spiro atoms. The van der Waals surface area contributed by atoms with E-state index in [1.165, 1.54) is 0 Å². The van der Waals surface area contributed by atoms with Crippen molar-refractivity contribution in [3.8, 4) is 0 Å². The highest BCUT2D eigenvalue weighted by Gasteiger charge is 2.17. The Morgan fingerprint density at radius 2 is 2.13 bits per heavy atom. The quantitative estimate of drug-likeness (QED) is 0.745. The van der Waals surface area contributed by atoms with Crippen LogP contribution in [0.5, 0.6) is 0 Å². The number of amides is 1. The lowest BCUT2D eigenvalue weighted by Gasteiger charge is -2.11. The van der Waals surface area contributed by atoms with E-state index in [1.807, 2.05) is 0 Å². The Kier molecular flexibility index (Phi) is 5.75. The molecule has 0 aliphatic carbocycles. The van der Waals surface area contributed by atoms with Gasteiger partial charge >= 0.3 is 5.97 Å². The summed E-state index contributed by atoms with van der Waals surface area (Å²) in [6.07, 6.45) is 0.438. The number of carbonyl (C=O) groups is 2. The number of nitrogens with one attached hydrogen (secondary N) is 1. The highest BCUT2D eigenvalue weighted by molar-refractivity contribution is 8.00. The van der Waals surface area contributed by atoms with Crippen LogP contribution in [0.25, 0.3) is 0 Å². The van der Waals surface area contributed by atoms with Gasteiger partial charge in [0.15, 0.2) is 5.82 Å². The van der Waals surface area contributed by atoms with Gasteiger partial charge in [-0.05, 0) is 26.0 Å². The number of thioether (sulfide) groups is 1. The summed E-state index contributed by atoms with van der Waals surface area (Å²) in [5.41, 5.74) is 0.451. The summed E-state index contributed by atoms with van der Waals surface area (Å²) in [6.45, 7) is 3.66. The van der Waals surface area contributed by atoms with Gasteiger partial charge in [-0.15, -0.1) is 11.8 Å². The van der Waals surface area contributed by atoms with Crippen molar-refractivity contribution in [2.24, 2.45) is 0 Å². The highest BCUT2D eigenvalue weighted by atomic mass is 32.2. The molecule has 1 atom stereocenters. The van der Waals surface area contributed by atoms with Gasteiger partial charge in [-0.25, -0.2) is 0 Å². The first-order valence-electron chi connectivity index (χ1n) is 7.03. The third-order valence-electron chi connectivity index (χ3n) is 2.98. The molecule has 0 aliphatic rings. The maximum absolute atomic E-state index is 12.3. The summed E-state index contributed by atoms with van der Waals surface area (Å²) in [6, 6.07) is 6.92. The van der Waals surface area contributed by atoms with Gasteiger partial charge in [0.25, 0.3) is 5.91 Å². The summed E-state index contributed by atoms with van der Waals surface area (Å²) in [7, 11) is 0. The summed E-state index contributed by atoms with van der Waals surface area (Å²) in [5, 5.41) is 14.8. The fraction of sp³-hybridized carbons (Fsp3) is 0.333. The van der Waals surface area contributed by atoms with Gasteiger partial charge in [-0.3, -0.25) is 9.59 Å². The number of aromatic nitrogens is 2. The molecular formula is C15H17N3O4S. The molecule has 1 unspecified atom stereocenters. The molecule has 0 saturated heterocycles. The minimum atomic E-state index is -0.919. The van der Waals surface area contributed by atoms with E-state index in [-0.39, 0.29) is 5.91 Å². The van der Waals surface area contributed by atoms with Crippen LogP contribution in [-0.4, -0.2) is 38.9 Å². The van der Waals surface area contributed by atoms with E-state index in [2.05, 4.69) is 15.5 Å². The molecular weight excluding hydrogens is 318 g/mol. The van der Waals surface area contributed by atoms with Crippen molar-refractivity contribution >= 4 is 23.6 Å². The van der Waals surface area contributed by atoms with Gasteiger partial charge in [0, 0.05) is 17.9 Å². The molecule has 0 radical (unpaired) electrons. The Hall–Kier alpha value is -2.35. The monoisotopic (exact) mass is 335 g/mol. The van der Waals surface area contributed by atoms with Crippen LogP contribution in [0.2, 0.25) is 0 Å². The SMILES string of the molecule is Cc1noc(CCNC(=O)c2ccccc2SC(C)C(=O)O)n1. The summed E-state index contributed by atoms with van der Waals surface area (Å²) in [4.78, 5) is 27.9. The highest BCUT2D eigenvalue weighted by Crippen LogP contribution is 2.26. The van der Waals surface area contributed by atoms with E-state index < -0.39 is 11.2 Å². The number of hydrogen-bond acceptors (Lipinski definition) is 6. The molecule has 2 rings (SSSR count). The number of aryl methyl sites for hydroxylation is 1. The van der Waals surface area contributed by atoms with Gasteiger partial charge in [0.05, 0.1) is 5.56 Å². The first-order valence-corrected chi connectivity index (χ1v) is 7.91. The van der Waals surface area contributed by atoms with Gasteiger partial charge in [-0.1, -0.05) is 17.3 Å². The van der Waals surface area contributed by atoms with Crippen LogP contribution in [0.1, 0.15) is 29.0 Å². The molecule has 7 nitrogen and oxygen atoms in total. The van der Waals surface area contributed by atoms with Crippen LogP contribution in [0.15, 0.2) is 33.7 Å². The van der Waals surface area contributed by atoms with E-state index in [1.54, 1.807) is 38.1 Å². The molecule has 0 saturated carbocycles. The summed E-state index contributed by atoms with van der Waals surface area (Å²) in [5.74, 6) is -0.167. The Bertz CT molecular complexity index is 702. The van der Waals surface area contributed by atoms with Crippen LogP contribution in [-0.2, 0) is 11.2 Å². The second-order valence-corrected chi connectivity index (χ2v) is 6.22. The number of rotatable bonds is 7. The van der Waals surface area contributed by atoms with Crippen LogP contribution >= 0.6 is 11.8 Å². The zero-order chi connectivity index (χ0) is 16.8. The third kappa shape index (κ3) is 4.82. The maximum atomic E-state index is 12.3. The first kappa shape index (κ1) is 17.0. The summed E-state index contributed by atoms with van der Waals surface area (Å²) < 4.78 is 4.97. The average Bonchev–Trinajstić information content (AvgIpc) is 2.93. The number of benzene rings is 1. The molecule has 0 fully saturated rings. The van der Waals surface area contributed by atoms with Crippen molar-refractivity contribution < 1.29 is 19.2 Å². The molecule has 0 aliphatic heterocycles. The molecule has 1 heterocycles. The van der Waals surface area contributed by atoms with Gasteiger partial charge < -0.3 is 14.9 Å². The van der Waals surface area contributed by atoms with Crippen LogP contribution < -0.4 is 5.32 Å². The van der Waals surface area contributed by atoms with Crippen molar-refractivity contribution in [1.82, 2.24) is 15.5 Å². The van der Waals surface area contributed by atoms with Gasteiger partial charge in [0.2, 0.25) is 5.89 Å². The Labute approximate surface area is 137 Å². The lowest BCUT2D eigenvalue weighted by atomic mass is 10.2. The smallest absolute Gasteiger partial charge is 0.316 e. The lowest BCUT2D eigenvalue weighted by molar-refractivity contribution is -0.136. The number of carboxylic acid groups (broad SMARTS) is 1. The summed E-state index contributed by atoms with van der Waals surface area (Å²) >= 11 is 1.14. The third-order valence-corrected chi connectivity index (χ3v) is 4.14. The standard InChI is InChI=1S/C15H17N3O4S/c1-9(15(20)21)23-12-6-4-3-5-11(12)14(19)16-8-7-13-17-10(2)18-22-13/h3-6,9H,7-8H2,1-2H3,(H,16,19)(H,20,21). The van der Waals surface area contributed by atoms with E-state index in [0.29, 0.717) is 35.1 Å². The predicted molar refractivity (Wildman–Crippen MR) is 84.5 cm³/mol. The van der Waals surface area contributed by atoms with Crippen molar-refractivity contribution in [1.29, 1.82) is 0 Å². The van der Waals surface area contributed by atoms with Gasteiger partial charge in [-0.2, -0.15) is 4.98 Å². The molecule has 1 aromatic heterocycles. The molecule has 122 valence electrons. The lowest BCUT2D eigenvalue weighted by Crippen LogP contribution is -2.26. The Morgan fingerprint density at radius 1 is 1.39 bits per heavy atom. The predicted octanol–water partition coefficient (Wildman–Crippen LogP) is 1.92. The van der Waals surface area contributed by atoms with E-state index in [9.17, 15) is 9.59 Å². The Balaban J connectivity index is 1.97. The molecule has 1 aromatic carbocycles. The van der Waals surface area contributed by atoms with Crippen molar-refractivity contribution in [2.45, 2.75) is 30.4 Å². The molecule has 0 bridgehead atoms. The number of aliphatic carboxylic acids is 1. The minimum absolute atomic E-state index is 0.262. The number of hydrogen-bond donors (Lipinski definition) is 2. The van der Waals surface area contributed by atoms with E-state index in [4.69, 9.17) is 9.63 Å². The molecule has 2 aromatic rings. The van der Waals surface area contributed by atoms with Crippen molar-refractivity contribution in [3.05, 3.63) is 41.5 Å². The molecule has 2 N–H and O–H groups in total. The van der Waals surface area contributed by atoms with Crippen molar-refractivity contribution in [2.75, 3.05) is 6.54 Å². The average molecular weight is 335 g/mol. The zero-order valence-corrected chi connectivity index (χ0v) is 13.6. The molecule has 1 amide bonds. The van der Waals surface area contributed by atoms with E-state index >= 15 is 0 Å². The zero-order valence-electron chi connectivity index (χ0n) is 12.8. The minimum Gasteiger partial charge on any atom is -0.480 e. The van der Waals surface area contributed by atoms with Crippen LogP contribution in [0.4, 0.5) is 0 Å². The molecule has 8 heteroatoms. The maximum Gasteiger partial charge on any atom is 0.316 e. The second kappa shape index (κ2) is 7.77. The normalized spacial score (nSPS) is 11.9. The number of nitrogens with zero attached hydrogens (tertiary/aromatic N) is 2. The largest absolute Gasteiger partial charge is 0.480 e. The fourth-order valence-corrected chi connectivity index (χ4v) is 2.74. The van der Waals surface area contributed by atoms with Crippen LogP contribution in [0.3, 0.4) is 0 Å². The van der Waals surface area contributed by atoms with E-state index in [0.717, 1.165) is 11.8 Å². The second-order valence-electron chi connectivity index (χ2n) is 4.84.